The van der Waals surface area contributed by atoms with Crippen molar-refractivity contribution in [2.75, 3.05) is 20.3 Å². The van der Waals surface area contributed by atoms with Crippen molar-refractivity contribution in [1.29, 1.82) is 0 Å². The Bertz CT molecular complexity index is 446. The minimum absolute atomic E-state index is 0.00457. The monoisotopic (exact) mass is 295 g/mol. The molecular formula is C11H16F3N3O3. The Balaban J connectivity index is 2.92. The van der Waals surface area contributed by atoms with Crippen molar-refractivity contribution >= 4 is 5.97 Å². The van der Waals surface area contributed by atoms with Crippen molar-refractivity contribution in [1.82, 2.24) is 15.0 Å². The van der Waals surface area contributed by atoms with E-state index in [1.807, 2.05) is 0 Å². The summed E-state index contributed by atoms with van der Waals surface area (Å²) in [5, 5.41) is 6.68. The molecule has 0 aliphatic heterocycles. The summed E-state index contributed by atoms with van der Waals surface area (Å²) in [4.78, 5) is 11.4. The highest BCUT2D eigenvalue weighted by Crippen LogP contribution is 2.31. The van der Waals surface area contributed by atoms with E-state index >= 15 is 0 Å². The van der Waals surface area contributed by atoms with E-state index < -0.39 is 23.5 Å². The molecule has 1 rings (SSSR count). The van der Waals surface area contributed by atoms with Gasteiger partial charge in [0.05, 0.1) is 6.61 Å². The van der Waals surface area contributed by atoms with Gasteiger partial charge in [-0.1, -0.05) is 5.21 Å². The molecule has 0 aromatic carbocycles. The second kappa shape index (κ2) is 7.22. The van der Waals surface area contributed by atoms with Gasteiger partial charge in [0.1, 0.15) is 0 Å². The highest BCUT2D eigenvalue weighted by molar-refractivity contribution is 5.88. The fourth-order valence-electron chi connectivity index (χ4n) is 1.60. The number of carbonyl (C=O) groups is 1. The summed E-state index contributed by atoms with van der Waals surface area (Å²) in [6, 6.07) is 0. The van der Waals surface area contributed by atoms with Gasteiger partial charge >= 0.3 is 12.1 Å². The molecule has 0 aliphatic carbocycles. The lowest BCUT2D eigenvalue weighted by atomic mass is 10.3. The molecule has 0 saturated heterocycles. The minimum Gasteiger partial charge on any atom is -0.461 e. The molecular weight excluding hydrogens is 279 g/mol. The molecule has 0 radical (unpaired) electrons. The summed E-state index contributed by atoms with van der Waals surface area (Å²) in [7, 11) is 1.51. The molecule has 6 nitrogen and oxygen atoms in total. The predicted molar refractivity (Wildman–Crippen MR) is 62.1 cm³/mol. The minimum atomic E-state index is -4.72. The Morgan fingerprint density at radius 1 is 1.35 bits per heavy atom. The molecule has 1 aromatic heterocycles. The molecule has 0 fully saturated rings. The lowest BCUT2D eigenvalue weighted by Crippen LogP contribution is -2.19. The lowest BCUT2D eigenvalue weighted by Gasteiger charge is -2.10. The van der Waals surface area contributed by atoms with Crippen LogP contribution in [-0.2, 0) is 22.2 Å². The number of methoxy groups -OCH3 is 1. The Labute approximate surface area is 113 Å². The summed E-state index contributed by atoms with van der Waals surface area (Å²) >= 11 is 0. The average molecular weight is 295 g/mol. The Morgan fingerprint density at radius 2 is 2.05 bits per heavy atom. The number of halogens is 3. The van der Waals surface area contributed by atoms with Crippen molar-refractivity contribution in [2.24, 2.45) is 0 Å². The zero-order valence-corrected chi connectivity index (χ0v) is 11.2. The maximum absolute atomic E-state index is 13.0. The number of hydrogen-bond acceptors (Lipinski definition) is 5. The number of alkyl halides is 3. The van der Waals surface area contributed by atoms with Crippen LogP contribution >= 0.6 is 0 Å². The standard InChI is InChI=1S/C11H16F3N3O3/c1-3-20-10(18)8-9(11(12,13)14)17(16-15-8)6-4-5-7-19-2/h3-7H2,1-2H3. The quantitative estimate of drug-likeness (QED) is 0.568. The average Bonchev–Trinajstić information content (AvgIpc) is 2.79. The van der Waals surface area contributed by atoms with Crippen LogP contribution in [-0.4, -0.2) is 41.3 Å². The fourth-order valence-corrected chi connectivity index (χ4v) is 1.60. The summed E-state index contributed by atoms with van der Waals surface area (Å²) in [5.74, 6) is -1.12. The molecule has 0 aliphatic rings. The van der Waals surface area contributed by atoms with Crippen molar-refractivity contribution in [3.05, 3.63) is 11.4 Å². The van der Waals surface area contributed by atoms with Gasteiger partial charge < -0.3 is 9.47 Å². The van der Waals surface area contributed by atoms with E-state index in [2.05, 4.69) is 15.0 Å². The van der Waals surface area contributed by atoms with E-state index in [0.29, 0.717) is 24.1 Å². The van der Waals surface area contributed by atoms with Crippen LogP contribution in [0.1, 0.15) is 35.9 Å². The largest absolute Gasteiger partial charge is 0.461 e. The molecule has 1 heterocycles. The number of aromatic nitrogens is 3. The highest BCUT2D eigenvalue weighted by atomic mass is 19.4. The van der Waals surface area contributed by atoms with Crippen LogP contribution in [0.4, 0.5) is 13.2 Å². The van der Waals surface area contributed by atoms with Gasteiger partial charge in [0, 0.05) is 20.3 Å². The second-order valence-corrected chi connectivity index (χ2v) is 3.93. The van der Waals surface area contributed by atoms with Crippen molar-refractivity contribution in [2.45, 2.75) is 32.5 Å². The number of aryl methyl sites for hydroxylation is 1. The third-order valence-corrected chi connectivity index (χ3v) is 2.44. The SMILES string of the molecule is CCOC(=O)c1nnn(CCCCOC)c1C(F)(F)F. The van der Waals surface area contributed by atoms with E-state index in [9.17, 15) is 18.0 Å². The number of unbranched alkanes of at least 4 members (excludes halogenated alkanes) is 1. The maximum atomic E-state index is 13.0. The Morgan fingerprint density at radius 3 is 2.60 bits per heavy atom. The summed E-state index contributed by atoms with van der Waals surface area (Å²) in [6.07, 6.45) is -3.70. The van der Waals surface area contributed by atoms with Crippen molar-refractivity contribution in [3.63, 3.8) is 0 Å². The molecule has 1 aromatic rings. The first-order valence-corrected chi connectivity index (χ1v) is 6.08. The van der Waals surface area contributed by atoms with Gasteiger partial charge in [-0.3, -0.25) is 0 Å². The van der Waals surface area contributed by atoms with Crippen LogP contribution in [0.25, 0.3) is 0 Å². The van der Waals surface area contributed by atoms with Gasteiger partial charge in [0.25, 0.3) is 0 Å². The number of esters is 1. The van der Waals surface area contributed by atoms with Crippen molar-refractivity contribution < 1.29 is 27.4 Å². The van der Waals surface area contributed by atoms with Gasteiger partial charge in [-0.2, -0.15) is 13.2 Å². The number of rotatable bonds is 7. The summed E-state index contributed by atoms with van der Waals surface area (Å²) in [6.45, 7) is 1.92. The number of carbonyl (C=O) groups excluding carboxylic acids is 1. The summed E-state index contributed by atoms with van der Waals surface area (Å²) < 4.78 is 49.0. The van der Waals surface area contributed by atoms with Crippen LogP contribution in [0.15, 0.2) is 0 Å². The smallest absolute Gasteiger partial charge is 0.435 e. The molecule has 20 heavy (non-hydrogen) atoms. The summed E-state index contributed by atoms with van der Waals surface area (Å²) in [5.41, 5.74) is -1.97. The first kappa shape index (κ1) is 16.4. The predicted octanol–water partition coefficient (Wildman–Crippen LogP) is 1.90. The Hall–Kier alpha value is -1.64. The highest BCUT2D eigenvalue weighted by Gasteiger charge is 2.41. The second-order valence-electron chi connectivity index (χ2n) is 3.93. The van der Waals surface area contributed by atoms with Crippen molar-refractivity contribution in [3.8, 4) is 0 Å². The van der Waals surface area contributed by atoms with Gasteiger partial charge in [0.2, 0.25) is 5.69 Å². The number of ether oxygens (including phenoxy) is 2. The molecule has 0 bridgehead atoms. The van der Waals surface area contributed by atoms with Gasteiger partial charge in [-0.15, -0.1) is 5.10 Å². The molecule has 0 atom stereocenters. The van der Waals surface area contributed by atoms with E-state index in [1.54, 1.807) is 0 Å². The Kier molecular flexibility index (Phi) is 5.93. The van der Waals surface area contributed by atoms with E-state index in [4.69, 9.17) is 4.74 Å². The van der Waals surface area contributed by atoms with E-state index in [-0.39, 0.29) is 13.2 Å². The molecule has 9 heteroatoms. The molecule has 0 unspecified atom stereocenters. The topological polar surface area (TPSA) is 66.2 Å². The number of nitrogens with zero attached hydrogens (tertiary/aromatic N) is 3. The zero-order valence-electron chi connectivity index (χ0n) is 11.2. The van der Waals surface area contributed by atoms with Crippen LogP contribution < -0.4 is 0 Å². The fraction of sp³-hybridized carbons (Fsp3) is 0.727. The molecule has 0 amide bonds. The normalized spacial score (nSPS) is 11.7. The first-order valence-electron chi connectivity index (χ1n) is 6.08. The first-order chi connectivity index (χ1) is 9.41. The van der Waals surface area contributed by atoms with Gasteiger partial charge in [-0.25, -0.2) is 9.48 Å². The third kappa shape index (κ3) is 4.19. The third-order valence-electron chi connectivity index (χ3n) is 2.44. The molecule has 0 saturated carbocycles. The zero-order chi connectivity index (χ0) is 15.2. The molecule has 0 N–H and O–H groups in total. The van der Waals surface area contributed by atoms with E-state index in [0.717, 1.165) is 0 Å². The van der Waals surface area contributed by atoms with Crippen LogP contribution in [0.3, 0.4) is 0 Å². The van der Waals surface area contributed by atoms with Crippen LogP contribution in [0.5, 0.6) is 0 Å². The van der Waals surface area contributed by atoms with Crippen LogP contribution in [0.2, 0.25) is 0 Å². The molecule has 114 valence electrons. The number of hydrogen-bond donors (Lipinski definition) is 0. The maximum Gasteiger partial charge on any atom is 0.435 e. The van der Waals surface area contributed by atoms with Gasteiger partial charge in [0.15, 0.2) is 5.69 Å². The molecule has 0 spiro atoms. The van der Waals surface area contributed by atoms with E-state index in [1.165, 1.54) is 14.0 Å². The van der Waals surface area contributed by atoms with Gasteiger partial charge in [-0.05, 0) is 19.8 Å². The lowest BCUT2D eigenvalue weighted by molar-refractivity contribution is -0.144. The van der Waals surface area contributed by atoms with Crippen LogP contribution in [0, 0.1) is 0 Å².